The highest BCUT2D eigenvalue weighted by atomic mass is 35.5. The number of nitrogens with zero attached hydrogens (tertiary/aromatic N) is 1. The van der Waals surface area contributed by atoms with Crippen LogP contribution in [0.15, 0.2) is 18.3 Å². The minimum absolute atomic E-state index is 0.0169. The second-order valence-electron chi connectivity index (χ2n) is 5.10. The second-order valence-corrected chi connectivity index (χ2v) is 5.51. The van der Waals surface area contributed by atoms with Gasteiger partial charge in [0, 0.05) is 6.20 Å². The van der Waals surface area contributed by atoms with E-state index in [0.717, 1.165) is 11.6 Å². The van der Waals surface area contributed by atoms with E-state index < -0.39 is 46.4 Å². The molecule has 0 unspecified atom stereocenters. The summed E-state index contributed by atoms with van der Waals surface area (Å²) in [4.78, 5) is 30.9. The summed E-state index contributed by atoms with van der Waals surface area (Å²) >= 11 is 5.58. The molecule has 0 spiro atoms. The van der Waals surface area contributed by atoms with Crippen LogP contribution < -0.4 is 16.3 Å². The number of pyridine rings is 1. The summed E-state index contributed by atoms with van der Waals surface area (Å²) < 4.78 is 28.1. The summed E-state index contributed by atoms with van der Waals surface area (Å²) in [7, 11) is 5.77. The first-order chi connectivity index (χ1) is 12.2. The quantitative estimate of drug-likeness (QED) is 0.399. The number of rotatable bonds is 6. The van der Waals surface area contributed by atoms with Crippen LogP contribution in [-0.2, 0) is 9.63 Å². The molecule has 0 fully saturated rings. The molecule has 2 rings (SSSR count). The third kappa shape index (κ3) is 4.47. The Kier molecular flexibility index (Phi) is 6.12. The molecule has 0 atom stereocenters. The molecule has 11 heteroatoms. The van der Waals surface area contributed by atoms with E-state index in [1.54, 1.807) is 12.4 Å². The monoisotopic (exact) mass is 381 g/mol. The molecule has 0 aliphatic heterocycles. The van der Waals surface area contributed by atoms with Gasteiger partial charge in [0.1, 0.15) is 13.7 Å². The molecule has 0 aliphatic rings. The highest BCUT2D eigenvalue weighted by Gasteiger charge is 2.23. The predicted octanol–water partition coefficient (Wildman–Crippen LogP) is 1.61. The Bertz CT molecular complexity index is 882. The van der Waals surface area contributed by atoms with E-state index in [1.807, 2.05) is 0 Å². The molecule has 26 heavy (non-hydrogen) atoms. The summed E-state index contributed by atoms with van der Waals surface area (Å²) in [6.07, 6.45) is 1.43. The average molecular weight is 382 g/mol. The van der Waals surface area contributed by atoms with Gasteiger partial charge in [-0.2, -0.15) is 0 Å². The number of aryl methyl sites for hydroxylation is 1. The number of hydrogen-bond donors (Lipinski definition) is 3. The molecule has 0 aliphatic carbocycles. The molecule has 1 heterocycles. The van der Waals surface area contributed by atoms with Crippen LogP contribution in [-0.4, -0.2) is 36.4 Å². The number of carbonyl (C=O) groups is 2. The van der Waals surface area contributed by atoms with E-state index in [9.17, 15) is 18.4 Å². The Morgan fingerprint density at radius 1 is 1.35 bits per heavy atom. The summed E-state index contributed by atoms with van der Waals surface area (Å²) in [6.45, 7) is 0.896. The Balaban J connectivity index is 2.41. The topological polar surface area (TPSA) is 101 Å². The van der Waals surface area contributed by atoms with Gasteiger partial charge < -0.3 is 10.4 Å². The molecule has 2 radical (unpaired) electrons. The molecule has 1 aromatic heterocycles. The van der Waals surface area contributed by atoms with Crippen molar-refractivity contribution in [2.45, 2.75) is 6.92 Å². The van der Waals surface area contributed by atoms with Crippen molar-refractivity contribution in [1.82, 2.24) is 10.5 Å². The Morgan fingerprint density at radius 3 is 2.65 bits per heavy atom. The normalized spacial score (nSPS) is 10.5. The number of benzene rings is 1. The van der Waals surface area contributed by atoms with Crippen LogP contribution in [0.4, 0.5) is 20.3 Å². The van der Waals surface area contributed by atoms with Gasteiger partial charge in [0.15, 0.2) is 18.2 Å². The number of carbonyl (C=O) groups excluding carboxylic acids is 1. The average Bonchev–Trinajstić information content (AvgIpc) is 2.56. The van der Waals surface area contributed by atoms with Crippen molar-refractivity contribution in [2.24, 2.45) is 0 Å². The highest BCUT2D eigenvalue weighted by Crippen LogP contribution is 2.30. The first-order valence-corrected chi connectivity index (χ1v) is 7.39. The van der Waals surface area contributed by atoms with Gasteiger partial charge in [-0.1, -0.05) is 23.1 Å². The smallest absolute Gasteiger partial charge is 0.332 e. The number of hydroxylamine groups is 1. The van der Waals surface area contributed by atoms with E-state index >= 15 is 0 Å². The number of carboxylic acid groups (broad SMARTS) is 1. The lowest BCUT2D eigenvalue weighted by Crippen LogP contribution is -2.28. The number of halogens is 3. The van der Waals surface area contributed by atoms with Gasteiger partial charge >= 0.3 is 5.97 Å². The van der Waals surface area contributed by atoms with Crippen molar-refractivity contribution < 1.29 is 28.3 Å². The number of amides is 1. The first-order valence-electron chi connectivity index (χ1n) is 7.01. The van der Waals surface area contributed by atoms with Crippen molar-refractivity contribution in [2.75, 3.05) is 11.9 Å². The zero-order valence-corrected chi connectivity index (χ0v) is 14.0. The predicted molar refractivity (Wildman–Crippen MR) is 90.1 cm³/mol. The maximum absolute atomic E-state index is 14.3. The van der Waals surface area contributed by atoms with Crippen LogP contribution in [0.3, 0.4) is 0 Å². The maximum Gasteiger partial charge on any atom is 0.332 e. The van der Waals surface area contributed by atoms with Crippen LogP contribution in [0.1, 0.15) is 15.9 Å². The minimum atomic E-state index is -1.44. The van der Waals surface area contributed by atoms with E-state index in [0.29, 0.717) is 0 Å². The van der Waals surface area contributed by atoms with Crippen molar-refractivity contribution in [3.05, 3.63) is 46.1 Å². The van der Waals surface area contributed by atoms with Crippen LogP contribution >= 0.6 is 11.6 Å². The van der Waals surface area contributed by atoms with Gasteiger partial charge in [0.2, 0.25) is 0 Å². The van der Waals surface area contributed by atoms with Crippen molar-refractivity contribution in [3.8, 4) is 0 Å². The second kappa shape index (κ2) is 8.11. The highest BCUT2D eigenvalue weighted by molar-refractivity contribution is 6.35. The Morgan fingerprint density at radius 2 is 2.04 bits per heavy atom. The molecule has 0 saturated carbocycles. The zero-order chi connectivity index (χ0) is 19.4. The minimum Gasteiger partial charge on any atom is -0.479 e. The lowest BCUT2D eigenvalue weighted by atomic mass is 9.95. The van der Waals surface area contributed by atoms with Gasteiger partial charge in [-0.3, -0.25) is 9.63 Å². The van der Waals surface area contributed by atoms with Gasteiger partial charge in [-0.25, -0.2) is 24.0 Å². The summed E-state index contributed by atoms with van der Waals surface area (Å²) in [5.74, 6) is -5.24. The molecular weight excluding hydrogens is 370 g/mol. The number of nitrogens with one attached hydrogen (secondary N) is 2. The third-order valence-corrected chi connectivity index (χ3v) is 3.34. The number of aromatic nitrogens is 1. The molecule has 0 bridgehead atoms. The number of anilines is 2. The number of aliphatic carboxylic acids is 1. The molecule has 2 aromatic rings. The lowest BCUT2D eigenvalue weighted by molar-refractivity contribution is -0.144. The summed E-state index contributed by atoms with van der Waals surface area (Å²) in [6, 6.07) is 2.39. The molecule has 1 amide bonds. The van der Waals surface area contributed by atoms with Gasteiger partial charge in [0.25, 0.3) is 5.91 Å². The van der Waals surface area contributed by atoms with E-state index in [-0.39, 0.29) is 11.3 Å². The molecule has 0 saturated heterocycles. The van der Waals surface area contributed by atoms with Crippen LogP contribution in [0.2, 0.25) is 5.02 Å². The zero-order valence-electron chi connectivity index (χ0n) is 13.3. The largest absolute Gasteiger partial charge is 0.479 e. The molecule has 7 nitrogen and oxygen atoms in total. The lowest BCUT2D eigenvalue weighted by Gasteiger charge is -2.15. The summed E-state index contributed by atoms with van der Waals surface area (Å²) in [5.41, 5.74) is 1.63. The van der Waals surface area contributed by atoms with Crippen molar-refractivity contribution in [1.29, 1.82) is 0 Å². The summed E-state index contributed by atoms with van der Waals surface area (Å²) in [5, 5.41) is 10.3. The van der Waals surface area contributed by atoms with Gasteiger partial charge in [-0.15, -0.1) is 0 Å². The fraction of sp³-hybridized carbons (Fsp3) is 0.133. The van der Waals surface area contributed by atoms with E-state index in [2.05, 4.69) is 15.1 Å². The van der Waals surface area contributed by atoms with Crippen LogP contribution in [0.5, 0.6) is 0 Å². The molecular formula is C15H11BClF2N3O4. The van der Waals surface area contributed by atoms with E-state index in [1.165, 1.54) is 12.3 Å². The van der Waals surface area contributed by atoms with Crippen LogP contribution in [0.25, 0.3) is 0 Å². The molecule has 134 valence electrons. The fourth-order valence-electron chi connectivity index (χ4n) is 1.93. The Hall–Kier alpha value is -2.72. The molecule has 1 aromatic carbocycles. The van der Waals surface area contributed by atoms with E-state index in [4.69, 9.17) is 24.6 Å². The maximum atomic E-state index is 14.3. The number of carboxylic acids is 1. The van der Waals surface area contributed by atoms with Crippen LogP contribution in [0, 0.1) is 18.6 Å². The SMILES string of the molecule is [B]c1cc(C)cnc1Nc1c(C(=O)NOCC(=O)O)cc(Cl)c(F)c1F. The molecule has 3 N–H and O–H groups in total. The van der Waals surface area contributed by atoms with Gasteiger partial charge in [-0.05, 0) is 18.6 Å². The standard InChI is InChI=1S/C15H11BClF2N3O4/c1-6-2-8(16)14(20-4-6)21-13-7(3-9(17)11(18)12(13)19)15(25)22-26-5-10(23)24/h2-4H,5H2,1H3,(H,20,21)(H,22,25)(H,23,24). The third-order valence-electron chi connectivity index (χ3n) is 3.06. The fourth-order valence-corrected chi connectivity index (χ4v) is 2.12. The Labute approximate surface area is 152 Å². The first kappa shape index (κ1) is 19.6. The van der Waals surface area contributed by atoms with Gasteiger partial charge in [0.05, 0.1) is 16.3 Å². The number of hydrogen-bond acceptors (Lipinski definition) is 5. The van der Waals surface area contributed by atoms with Crippen molar-refractivity contribution >= 4 is 48.3 Å². The van der Waals surface area contributed by atoms with Crippen molar-refractivity contribution in [3.63, 3.8) is 0 Å².